The van der Waals surface area contributed by atoms with E-state index in [4.69, 9.17) is 4.74 Å². The van der Waals surface area contributed by atoms with Gasteiger partial charge in [0.05, 0.1) is 0 Å². The molecule has 4 fully saturated rings. The van der Waals surface area contributed by atoms with Gasteiger partial charge >= 0.3 is 5.97 Å². The van der Waals surface area contributed by atoms with E-state index in [1.54, 1.807) is 13.8 Å². The van der Waals surface area contributed by atoms with Crippen LogP contribution in [0.3, 0.4) is 0 Å². The van der Waals surface area contributed by atoms with Crippen LogP contribution in [-0.4, -0.2) is 38.6 Å². The van der Waals surface area contributed by atoms with E-state index in [9.17, 15) is 19.2 Å². The van der Waals surface area contributed by atoms with Gasteiger partial charge in [-0.2, -0.15) is 0 Å². The summed E-state index contributed by atoms with van der Waals surface area (Å²) in [6.07, 6.45) is 8.80. The van der Waals surface area contributed by atoms with Gasteiger partial charge in [-0.3, -0.25) is 19.2 Å². The zero-order chi connectivity index (χ0) is 24.5. The van der Waals surface area contributed by atoms with Crippen LogP contribution in [0.5, 0.6) is 0 Å². The van der Waals surface area contributed by atoms with Gasteiger partial charge in [0.15, 0.2) is 16.0 Å². The monoisotopic (exact) mass is 504 g/mol. The van der Waals surface area contributed by atoms with E-state index in [0.717, 1.165) is 44.9 Å². The smallest absolute Gasteiger partial charge is 0.306 e. The van der Waals surface area contributed by atoms with Gasteiger partial charge < -0.3 is 4.74 Å². The first-order chi connectivity index (χ1) is 16.0. The third kappa shape index (κ3) is 3.66. The summed E-state index contributed by atoms with van der Waals surface area (Å²) < 4.78 is 6.09. The van der Waals surface area contributed by atoms with E-state index in [0.29, 0.717) is 29.9 Å². The first kappa shape index (κ1) is 24.6. The Morgan fingerprint density at radius 1 is 1.06 bits per heavy atom. The number of rotatable bonds is 3. The molecule has 0 bridgehead atoms. The molecule has 0 aromatic rings. The third-order valence-electron chi connectivity index (χ3n) is 10.3. The zero-order valence-electron chi connectivity index (χ0n) is 20.7. The fourth-order valence-electron chi connectivity index (χ4n) is 8.68. The number of carbonyl (C=O) groups excluding carboxylic acids is 4. The highest BCUT2D eigenvalue weighted by Gasteiger charge is 2.68. The van der Waals surface area contributed by atoms with Crippen LogP contribution < -0.4 is 0 Å². The van der Waals surface area contributed by atoms with Crippen LogP contribution in [0.1, 0.15) is 79.1 Å². The summed E-state index contributed by atoms with van der Waals surface area (Å²) in [6, 6.07) is 0. The lowest BCUT2D eigenvalue weighted by molar-refractivity contribution is -0.167. The minimum atomic E-state index is -0.342. The van der Waals surface area contributed by atoms with Crippen molar-refractivity contribution in [3.05, 3.63) is 11.6 Å². The van der Waals surface area contributed by atoms with Gasteiger partial charge in [0.1, 0.15) is 5.60 Å². The molecule has 5 rings (SSSR count). The normalized spacial score (nSPS) is 45.3. The van der Waals surface area contributed by atoms with Crippen LogP contribution in [0, 0.1) is 34.5 Å². The van der Waals surface area contributed by atoms with Gasteiger partial charge in [-0.1, -0.05) is 42.9 Å². The Hall–Kier alpha value is -1.08. The van der Waals surface area contributed by atoms with Crippen LogP contribution in [0.15, 0.2) is 11.6 Å². The maximum atomic E-state index is 13.0. The first-order valence-electron chi connectivity index (χ1n) is 12.8. The molecule has 7 heteroatoms. The Bertz CT molecular complexity index is 974. The number of ether oxygens (including phenoxy) is 1. The lowest BCUT2D eigenvalue weighted by atomic mass is 9.45. The second-order valence-corrected chi connectivity index (χ2v) is 14.4. The predicted octanol–water partition coefficient (Wildman–Crippen LogP) is 5.36. The molecule has 1 heterocycles. The van der Waals surface area contributed by atoms with Gasteiger partial charge in [0, 0.05) is 42.6 Å². The minimum absolute atomic E-state index is 0.0537. The van der Waals surface area contributed by atoms with Crippen molar-refractivity contribution in [3.63, 3.8) is 0 Å². The number of ketones is 1. The summed E-state index contributed by atoms with van der Waals surface area (Å²) in [5.74, 6) is 1.68. The van der Waals surface area contributed by atoms with Crippen LogP contribution in [0.25, 0.3) is 0 Å². The summed E-state index contributed by atoms with van der Waals surface area (Å²) in [7, 11) is 0. The number of hydrogen-bond acceptors (Lipinski definition) is 7. The third-order valence-corrected chi connectivity index (χ3v) is 12.4. The molecule has 34 heavy (non-hydrogen) atoms. The Balaban J connectivity index is 1.51. The van der Waals surface area contributed by atoms with Crippen molar-refractivity contribution in [1.82, 2.24) is 0 Å². The van der Waals surface area contributed by atoms with E-state index >= 15 is 0 Å². The van der Waals surface area contributed by atoms with Crippen LogP contribution in [0.2, 0.25) is 0 Å². The molecular formula is C27H36O5S2. The fraction of sp³-hybridized carbons (Fsp3) is 0.778. The number of carbonyl (C=O) groups is 4. The molecule has 8 atom stereocenters. The van der Waals surface area contributed by atoms with Gasteiger partial charge in [0.25, 0.3) is 0 Å². The quantitative estimate of drug-likeness (QED) is 0.479. The number of fused-ring (bicyclic) bond motifs is 6. The lowest BCUT2D eigenvalue weighted by Crippen LogP contribution is -2.58. The summed E-state index contributed by atoms with van der Waals surface area (Å²) in [6.45, 7) is 7.90. The standard InChI is InChI=1S/C27H36O5S2/c1-15(28)33-14-17-13-25(3)18(11-21(17)30)12-22(34-16(2)29)24-19(25)5-8-26(4)20(24)6-9-27(26)10-7-23(31)32-27/h11,17,19-20,22,24H,5-10,12-14H2,1-4H3/t17-,19-,20-,22+,24+,25-,26-,27+/m0/s1. The maximum absolute atomic E-state index is 13.0. The molecule has 1 aliphatic heterocycles. The maximum Gasteiger partial charge on any atom is 0.306 e. The summed E-state index contributed by atoms with van der Waals surface area (Å²) in [5, 5.41) is 0.357. The van der Waals surface area contributed by atoms with E-state index in [2.05, 4.69) is 13.8 Å². The average Bonchev–Trinajstić information content (AvgIpc) is 3.27. The molecule has 0 N–H and O–H groups in total. The molecule has 1 saturated heterocycles. The molecule has 5 aliphatic rings. The fourth-order valence-corrected chi connectivity index (χ4v) is 10.6. The molecule has 0 amide bonds. The van der Waals surface area contributed by atoms with Crippen LogP contribution in [0.4, 0.5) is 0 Å². The van der Waals surface area contributed by atoms with Crippen molar-refractivity contribution >= 4 is 45.5 Å². The van der Waals surface area contributed by atoms with Crippen molar-refractivity contribution < 1.29 is 23.9 Å². The van der Waals surface area contributed by atoms with Crippen LogP contribution in [-0.2, 0) is 23.9 Å². The van der Waals surface area contributed by atoms with E-state index in [-0.39, 0.29) is 49.6 Å². The predicted molar refractivity (Wildman–Crippen MR) is 134 cm³/mol. The molecule has 3 saturated carbocycles. The molecule has 186 valence electrons. The number of thioether (sulfide) groups is 2. The van der Waals surface area contributed by atoms with E-state index in [1.165, 1.54) is 29.1 Å². The van der Waals surface area contributed by atoms with E-state index in [1.807, 2.05) is 6.08 Å². The number of hydrogen-bond donors (Lipinski definition) is 0. The Labute approximate surface area is 211 Å². The van der Waals surface area contributed by atoms with Gasteiger partial charge in [-0.25, -0.2) is 0 Å². The average molecular weight is 505 g/mol. The molecule has 0 radical (unpaired) electrons. The van der Waals surface area contributed by atoms with Crippen molar-refractivity contribution in [3.8, 4) is 0 Å². The SMILES string of the molecule is CC(=O)SC[C@@H]1C[C@@]2(C)C(=CC1=O)C[C@@H](SC(C)=O)[C@@H]1[C@@H]2CC[C@@]2(C)[C@H]1CC[C@@]21CCC(=O)O1. The molecule has 0 unspecified atom stereocenters. The Morgan fingerprint density at radius 3 is 2.44 bits per heavy atom. The van der Waals surface area contributed by atoms with E-state index < -0.39 is 0 Å². The Kier molecular flexibility index (Phi) is 6.15. The summed E-state index contributed by atoms with van der Waals surface area (Å²) in [5.41, 5.74) is 0.732. The zero-order valence-corrected chi connectivity index (χ0v) is 22.3. The van der Waals surface area contributed by atoms with Crippen molar-refractivity contribution in [1.29, 1.82) is 0 Å². The lowest BCUT2D eigenvalue weighted by Gasteiger charge is -2.61. The molecule has 4 aliphatic carbocycles. The molecule has 0 aromatic carbocycles. The highest BCUT2D eigenvalue weighted by atomic mass is 32.2. The molecule has 5 nitrogen and oxygen atoms in total. The number of esters is 1. The van der Waals surface area contributed by atoms with Gasteiger partial charge in [-0.05, 0) is 74.2 Å². The van der Waals surface area contributed by atoms with Crippen LogP contribution >= 0.6 is 23.5 Å². The Morgan fingerprint density at radius 2 is 1.79 bits per heavy atom. The first-order valence-corrected chi connectivity index (χ1v) is 14.6. The molecular weight excluding hydrogens is 468 g/mol. The number of allylic oxidation sites excluding steroid dienone is 1. The van der Waals surface area contributed by atoms with Gasteiger partial charge in [-0.15, -0.1) is 0 Å². The van der Waals surface area contributed by atoms with Crippen molar-refractivity contribution in [2.45, 2.75) is 89.9 Å². The highest BCUT2D eigenvalue weighted by Crippen LogP contribution is 2.71. The van der Waals surface area contributed by atoms with Crippen molar-refractivity contribution in [2.75, 3.05) is 5.75 Å². The minimum Gasteiger partial charge on any atom is -0.458 e. The van der Waals surface area contributed by atoms with Crippen molar-refractivity contribution in [2.24, 2.45) is 34.5 Å². The topological polar surface area (TPSA) is 77.5 Å². The molecule has 1 spiro atoms. The molecule has 0 aromatic heterocycles. The van der Waals surface area contributed by atoms with Gasteiger partial charge in [0.2, 0.25) is 0 Å². The largest absolute Gasteiger partial charge is 0.458 e. The second-order valence-electron chi connectivity index (χ2n) is 11.8. The second kappa shape index (κ2) is 8.50. The summed E-state index contributed by atoms with van der Waals surface area (Å²) in [4.78, 5) is 49.1. The summed E-state index contributed by atoms with van der Waals surface area (Å²) >= 11 is 2.72. The highest BCUT2D eigenvalue weighted by molar-refractivity contribution is 8.14.